The SMILES string of the molecule is CCOCCn1c(=NC(=O)COc2ccc(C)cc2)sc2cc(OC)ccc21. The van der Waals surface area contributed by atoms with E-state index in [-0.39, 0.29) is 12.5 Å². The first-order chi connectivity index (χ1) is 13.6. The average Bonchev–Trinajstić information content (AvgIpc) is 3.04. The molecule has 0 fully saturated rings. The van der Waals surface area contributed by atoms with Gasteiger partial charge < -0.3 is 18.8 Å². The lowest BCUT2D eigenvalue weighted by Crippen LogP contribution is -2.21. The largest absolute Gasteiger partial charge is 0.497 e. The van der Waals surface area contributed by atoms with Crippen LogP contribution in [0.3, 0.4) is 0 Å². The van der Waals surface area contributed by atoms with Crippen molar-refractivity contribution in [3.8, 4) is 11.5 Å². The summed E-state index contributed by atoms with van der Waals surface area (Å²) < 4.78 is 19.3. The van der Waals surface area contributed by atoms with Crippen LogP contribution in [0.15, 0.2) is 47.5 Å². The predicted molar refractivity (Wildman–Crippen MR) is 110 cm³/mol. The molecular formula is C21H24N2O4S. The number of amides is 1. The third-order valence-electron chi connectivity index (χ3n) is 4.16. The molecule has 0 spiro atoms. The molecule has 1 amide bonds. The number of rotatable bonds is 8. The highest BCUT2D eigenvalue weighted by molar-refractivity contribution is 7.16. The molecule has 0 unspecified atom stereocenters. The quantitative estimate of drug-likeness (QED) is 0.543. The van der Waals surface area contributed by atoms with E-state index in [9.17, 15) is 4.79 Å². The van der Waals surface area contributed by atoms with Crippen LogP contribution in [0, 0.1) is 6.92 Å². The molecule has 0 aliphatic rings. The second kappa shape index (κ2) is 9.52. The molecule has 0 saturated heterocycles. The van der Waals surface area contributed by atoms with E-state index in [0.717, 1.165) is 21.5 Å². The first kappa shape index (κ1) is 20.1. The Balaban J connectivity index is 1.84. The van der Waals surface area contributed by atoms with E-state index in [1.54, 1.807) is 7.11 Å². The number of nitrogens with zero attached hydrogens (tertiary/aromatic N) is 2. The van der Waals surface area contributed by atoms with Gasteiger partial charge in [0.2, 0.25) is 0 Å². The number of carbonyl (C=O) groups is 1. The van der Waals surface area contributed by atoms with Crippen molar-refractivity contribution in [2.24, 2.45) is 4.99 Å². The Morgan fingerprint density at radius 3 is 2.61 bits per heavy atom. The van der Waals surface area contributed by atoms with Crippen molar-refractivity contribution in [2.75, 3.05) is 26.9 Å². The number of hydrogen-bond acceptors (Lipinski definition) is 5. The van der Waals surface area contributed by atoms with E-state index in [0.29, 0.717) is 30.3 Å². The average molecular weight is 401 g/mol. The van der Waals surface area contributed by atoms with Crippen LogP contribution < -0.4 is 14.3 Å². The number of ether oxygens (including phenoxy) is 3. The van der Waals surface area contributed by atoms with Gasteiger partial charge in [0.05, 0.1) is 23.9 Å². The lowest BCUT2D eigenvalue weighted by atomic mass is 10.2. The molecule has 0 N–H and O–H groups in total. The number of carbonyl (C=O) groups excluding carboxylic acids is 1. The molecule has 3 rings (SSSR count). The normalized spacial score (nSPS) is 11.8. The van der Waals surface area contributed by atoms with Crippen LogP contribution >= 0.6 is 11.3 Å². The standard InChI is InChI=1S/C21H24N2O4S/c1-4-26-12-11-23-18-10-9-17(25-3)13-19(18)28-21(23)22-20(24)14-27-16-7-5-15(2)6-8-16/h5-10,13H,4,11-12,14H2,1-3H3. The molecule has 0 radical (unpaired) electrons. The van der Waals surface area contributed by atoms with Gasteiger partial charge in [-0.25, -0.2) is 0 Å². The Hall–Kier alpha value is -2.64. The van der Waals surface area contributed by atoms with Gasteiger partial charge in [-0.15, -0.1) is 0 Å². The monoisotopic (exact) mass is 400 g/mol. The molecule has 28 heavy (non-hydrogen) atoms. The maximum Gasteiger partial charge on any atom is 0.286 e. The summed E-state index contributed by atoms with van der Waals surface area (Å²) in [6, 6.07) is 13.4. The zero-order valence-corrected chi connectivity index (χ0v) is 17.1. The van der Waals surface area contributed by atoms with Gasteiger partial charge in [0, 0.05) is 13.2 Å². The van der Waals surface area contributed by atoms with E-state index in [2.05, 4.69) is 4.99 Å². The molecule has 1 aromatic heterocycles. The molecule has 148 valence electrons. The summed E-state index contributed by atoms with van der Waals surface area (Å²) in [5, 5.41) is 0. The van der Waals surface area contributed by atoms with Gasteiger partial charge in [0.25, 0.3) is 5.91 Å². The van der Waals surface area contributed by atoms with Crippen LogP contribution in [0.2, 0.25) is 0 Å². The third-order valence-corrected chi connectivity index (χ3v) is 5.20. The molecular weight excluding hydrogens is 376 g/mol. The maximum atomic E-state index is 12.4. The van der Waals surface area contributed by atoms with E-state index < -0.39 is 0 Å². The molecule has 0 atom stereocenters. The maximum absolute atomic E-state index is 12.4. The Kier molecular flexibility index (Phi) is 6.84. The second-order valence-corrected chi connectivity index (χ2v) is 7.18. The zero-order chi connectivity index (χ0) is 19.9. The first-order valence-electron chi connectivity index (χ1n) is 9.13. The smallest absolute Gasteiger partial charge is 0.286 e. The second-order valence-electron chi connectivity index (χ2n) is 6.17. The minimum absolute atomic E-state index is 0.105. The number of benzene rings is 2. The number of aryl methyl sites for hydroxylation is 1. The van der Waals surface area contributed by atoms with Gasteiger partial charge in [-0.2, -0.15) is 4.99 Å². The molecule has 1 heterocycles. The van der Waals surface area contributed by atoms with Crippen LogP contribution in [0.4, 0.5) is 0 Å². The van der Waals surface area contributed by atoms with Crippen molar-refractivity contribution in [1.82, 2.24) is 4.57 Å². The van der Waals surface area contributed by atoms with Crippen molar-refractivity contribution in [2.45, 2.75) is 20.4 Å². The van der Waals surface area contributed by atoms with E-state index in [1.165, 1.54) is 11.3 Å². The van der Waals surface area contributed by atoms with Gasteiger partial charge in [-0.05, 0) is 44.2 Å². The summed E-state index contributed by atoms with van der Waals surface area (Å²) in [5.41, 5.74) is 2.14. The highest BCUT2D eigenvalue weighted by atomic mass is 32.1. The summed E-state index contributed by atoms with van der Waals surface area (Å²) in [4.78, 5) is 17.3. The molecule has 6 nitrogen and oxygen atoms in total. The summed E-state index contributed by atoms with van der Waals surface area (Å²) in [7, 11) is 1.63. The lowest BCUT2D eigenvalue weighted by molar-refractivity contribution is -0.120. The van der Waals surface area contributed by atoms with Gasteiger partial charge in [-0.3, -0.25) is 4.79 Å². The van der Waals surface area contributed by atoms with Crippen LogP contribution in [0.5, 0.6) is 11.5 Å². The molecule has 2 aromatic carbocycles. The van der Waals surface area contributed by atoms with Crippen molar-refractivity contribution in [3.05, 3.63) is 52.8 Å². The topological polar surface area (TPSA) is 62.1 Å². The summed E-state index contributed by atoms with van der Waals surface area (Å²) in [6.07, 6.45) is 0. The zero-order valence-electron chi connectivity index (χ0n) is 16.3. The fourth-order valence-corrected chi connectivity index (χ4v) is 3.80. The fourth-order valence-electron chi connectivity index (χ4n) is 2.70. The molecule has 7 heteroatoms. The Morgan fingerprint density at radius 1 is 1.14 bits per heavy atom. The van der Waals surface area contributed by atoms with E-state index in [4.69, 9.17) is 14.2 Å². The third kappa shape index (κ3) is 4.99. The van der Waals surface area contributed by atoms with Crippen molar-refractivity contribution in [3.63, 3.8) is 0 Å². The minimum atomic E-state index is -0.329. The minimum Gasteiger partial charge on any atom is -0.497 e. The summed E-state index contributed by atoms with van der Waals surface area (Å²) >= 11 is 1.45. The molecule has 3 aromatic rings. The number of methoxy groups -OCH3 is 1. The molecule has 0 bridgehead atoms. The number of aromatic nitrogens is 1. The van der Waals surface area contributed by atoms with Crippen LogP contribution in [0.1, 0.15) is 12.5 Å². The van der Waals surface area contributed by atoms with E-state index >= 15 is 0 Å². The number of fused-ring (bicyclic) bond motifs is 1. The molecule has 0 aliphatic heterocycles. The van der Waals surface area contributed by atoms with Gasteiger partial charge in [0.15, 0.2) is 11.4 Å². The summed E-state index contributed by atoms with van der Waals surface area (Å²) in [5.74, 6) is 1.09. The van der Waals surface area contributed by atoms with Gasteiger partial charge in [0.1, 0.15) is 11.5 Å². The van der Waals surface area contributed by atoms with Crippen molar-refractivity contribution in [1.29, 1.82) is 0 Å². The van der Waals surface area contributed by atoms with Crippen molar-refractivity contribution < 1.29 is 19.0 Å². The predicted octanol–water partition coefficient (Wildman–Crippen LogP) is 3.56. The fraction of sp³-hybridized carbons (Fsp3) is 0.333. The van der Waals surface area contributed by atoms with Gasteiger partial charge in [-0.1, -0.05) is 29.0 Å². The Labute approximate surface area is 168 Å². The lowest BCUT2D eigenvalue weighted by Gasteiger charge is -2.06. The van der Waals surface area contributed by atoms with Crippen LogP contribution in [-0.4, -0.2) is 37.4 Å². The Morgan fingerprint density at radius 2 is 1.89 bits per heavy atom. The number of hydrogen-bond donors (Lipinski definition) is 0. The van der Waals surface area contributed by atoms with Crippen LogP contribution in [-0.2, 0) is 16.1 Å². The highest BCUT2D eigenvalue weighted by Crippen LogP contribution is 2.23. The van der Waals surface area contributed by atoms with Gasteiger partial charge >= 0.3 is 0 Å². The van der Waals surface area contributed by atoms with E-state index in [1.807, 2.05) is 60.9 Å². The highest BCUT2D eigenvalue weighted by Gasteiger charge is 2.10. The molecule has 0 aliphatic carbocycles. The number of thiazole rings is 1. The molecule has 0 saturated carbocycles. The summed E-state index contributed by atoms with van der Waals surface area (Å²) in [6.45, 7) is 5.67. The van der Waals surface area contributed by atoms with Crippen LogP contribution in [0.25, 0.3) is 10.2 Å². The Bertz CT molecular complexity index is 1010. The van der Waals surface area contributed by atoms with Crippen molar-refractivity contribution >= 4 is 27.5 Å². The first-order valence-corrected chi connectivity index (χ1v) is 9.94.